The maximum Gasteiger partial charge on any atom is 0.119 e. The Morgan fingerprint density at radius 3 is 2.43 bits per heavy atom. The van der Waals surface area contributed by atoms with E-state index in [2.05, 4.69) is 13.0 Å². The average molecular weight is 281 g/mol. The molecule has 110 valence electrons. The second-order valence-electron chi connectivity index (χ2n) is 5.45. The normalized spacial score (nSPS) is 10.5. The lowest BCUT2D eigenvalue weighted by Crippen LogP contribution is -1.97. The van der Waals surface area contributed by atoms with Crippen LogP contribution in [0.3, 0.4) is 0 Å². The van der Waals surface area contributed by atoms with E-state index < -0.39 is 0 Å². The minimum Gasteiger partial charge on any atom is -0.494 e. The van der Waals surface area contributed by atoms with E-state index >= 15 is 0 Å². The molecule has 2 nitrogen and oxygen atoms in total. The second kappa shape index (κ2) is 8.32. The first kappa shape index (κ1) is 15.4. The number of ether oxygens (including phenoxy) is 1. The number of hydrogen-bond donors (Lipinski definition) is 0. The number of nitriles is 1. The fraction of sp³-hybridized carbons (Fsp3) is 0.421. The Balaban J connectivity index is 1.82. The van der Waals surface area contributed by atoms with E-state index in [1.807, 2.05) is 36.4 Å². The Hall–Kier alpha value is -2.01. The van der Waals surface area contributed by atoms with Gasteiger partial charge in [0, 0.05) is 0 Å². The van der Waals surface area contributed by atoms with Crippen LogP contribution in [0, 0.1) is 11.3 Å². The van der Waals surface area contributed by atoms with E-state index in [0.29, 0.717) is 5.56 Å². The molecule has 0 aromatic heterocycles. The third-order valence-corrected chi connectivity index (χ3v) is 3.71. The number of unbranched alkanes of at least 4 members (excludes halogenated alkanes) is 5. The van der Waals surface area contributed by atoms with E-state index in [-0.39, 0.29) is 0 Å². The average Bonchev–Trinajstić information content (AvgIpc) is 2.53. The summed E-state index contributed by atoms with van der Waals surface area (Å²) in [6.45, 7) is 3.02. The molecule has 0 atom stereocenters. The summed E-state index contributed by atoms with van der Waals surface area (Å²) in [5.41, 5.74) is 0.697. The van der Waals surface area contributed by atoms with Crippen LogP contribution in [0.1, 0.15) is 51.0 Å². The van der Waals surface area contributed by atoms with E-state index in [1.54, 1.807) is 0 Å². The van der Waals surface area contributed by atoms with Gasteiger partial charge in [-0.25, -0.2) is 0 Å². The smallest absolute Gasteiger partial charge is 0.119 e. The van der Waals surface area contributed by atoms with Gasteiger partial charge < -0.3 is 4.74 Å². The lowest BCUT2D eigenvalue weighted by atomic mass is 10.1. The van der Waals surface area contributed by atoms with Gasteiger partial charge in [-0.15, -0.1) is 0 Å². The van der Waals surface area contributed by atoms with Crippen molar-refractivity contribution in [2.45, 2.75) is 45.4 Å². The summed E-state index contributed by atoms with van der Waals surface area (Å²) in [5.74, 6) is 0.917. The highest BCUT2D eigenvalue weighted by atomic mass is 16.5. The fourth-order valence-electron chi connectivity index (χ4n) is 2.46. The molecule has 0 saturated carbocycles. The number of nitrogens with zero attached hydrogens (tertiary/aromatic N) is 1. The van der Waals surface area contributed by atoms with Crippen molar-refractivity contribution in [2.75, 3.05) is 6.61 Å². The number of benzene rings is 2. The van der Waals surface area contributed by atoms with E-state index in [9.17, 15) is 0 Å². The van der Waals surface area contributed by atoms with Crippen molar-refractivity contribution in [1.29, 1.82) is 5.26 Å². The second-order valence-corrected chi connectivity index (χ2v) is 5.45. The first-order chi connectivity index (χ1) is 10.3. The molecular formula is C19H23NO. The minimum atomic E-state index is 0.697. The van der Waals surface area contributed by atoms with Crippen molar-refractivity contribution in [3.8, 4) is 11.8 Å². The van der Waals surface area contributed by atoms with Crippen LogP contribution in [0.25, 0.3) is 10.8 Å². The van der Waals surface area contributed by atoms with Crippen LogP contribution in [-0.2, 0) is 0 Å². The molecule has 0 N–H and O–H groups in total. The van der Waals surface area contributed by atoms with E-state index in [4.69, 9.17) is 10.00 Å². The third kappa shape index (κ3) is 4.79. The summed E-state index contributed by atoms with van der Waals surface area (Å²) < 4.78 is 5.81. The molecule has 2 aromatic rings. The zero-order valence-electron chi connectivity index (χ0n) is 12.8. The van der Waals surface area contributed by atoms with Crippen LogP contribution >= 0.6 is 0 Å². The maximum atomic E-state index is 8.90. The molecule has 2 aromatic carbocycles. The number of fused-ring (bicyclic) bond motifs is 1. The van der Waals surface area contributed by atoms with Crippen molar-refractivity contribution in [3.63, 3.8) is 0 Å². The topological polar surface area (TPSA) is 33.0 Å². The van der Waals surface area contributed by atoms with Gasteiger partial charge in [0.2, 0.25) is 0 Å². The maximum absolute atomic E-state index is 8.90. The molecule has 0 unspecified atom stereocenters. The summed E-state index contributed by atoms with van der Waals surface area (Å²) in [6, 6.07) is 14.0. The molecule has 2 heteroatoms. The largest absolute Gasteiger partial charge is 0.494 e. The van der Waals surface area contributed by atoms with Gasteiger partial charge in [0.1, 0.15) is 5.75 Å². The zero-order valence-corrected chi connectivity index (χ0v) is 12.8. The molecule has 2 rings (SSSR count). The number of hydrogen-bond acceptors (Lipinski definition) is 2. The summed E-state index contributed by atoms with van der Waals surface area (Å²) in [4.78, 5) is 0. The first-order valence-corrected chi connectivity index (χ1v) is 7.90. The lowest BCUT2D eigenvalue weighted by Gasteiger charge is -2.07. The summed E-state index contributed by atoms with van der Waals surface area (Å²) in [7, 11) is 0. The van der Waals surface area contributed by atoms with Crippen molar-refractivity contribution in [3.05, 3.63) is 42.0 Å². The lowest BCUT2D eigenvalue weighted by molar-refractivity contribution is 0.305. The Labute approximate surface area is 127 Å². The predicted molar refractivity (Wildman–Crippen MR) is 87.5 cm³/mol. The van der Waals surface area contributed by atoms with Gasteiger partial charge >= 0.3 is 0 Å². The summed E-state index contributed by atoms with van der Waals surface area (Å²) >= 11 is 0. The molecule has 0 fully saturated rings. The molecule has 0 spiro atoms. The van der Waals surface area contributed by atoms with Gasteiger partial charge in [0.15, 0.2) is 0 Å². The minimum absolute atomic E-state index is 0.697. The van der Waals surface area contributed by atoms with E-state index in [1.165, 1.54) is 32.1 Å². The van der Waals surface area contributed by atoms with Gasteiger partial charge in [-0.3, -0.25) is 0 Å². The standard InChI is InChI=1S/C19H23NO/c1-2-3-4-5-6-7-12-21-19-11-10-17-13-16(15-20)8-9-18(17)14-19/h8-11,13-14H,2-7,12H2,1H3. The highest BCUT2D eigenvalue weighted by Gasteiger charge is 1.99. The monoisotopic (exact) mass is 281 g/mol. The highest BCUT2D eigenvalue weighted by molar-refractivity contribution is 5.85. The van der Waals surface area contributed by atoms with Crippen LogP contribution < -0.4 is 4.74 Å². The molecular weight excluding hydrogens is 258 g/mol. The summed E-state index contributed by atoms with van der Waals surface area (Å²) in [5, 5.41) is 11.1. The Kier molecular flexibility index (Phi) is 6.09. The zero-order chi connectivity index (χ0) is 14.9. The molecule has 21 heavy (non-hydrogen) atoms. The molecule has 0 bridgehead atoms. The van der Waals surface area contributed by atoms with Crippen molar-refractivity contribution < 1.29 is 4.74 Å². The SMILES string of the molecule is CCCCCCCCOc1ccc2cc(C#N)ccc2c1. The van der Waals surface area contributed by atoms with Gasteiger partial charge in [0.25, 0.3) is 0 Å². The van der Waals surface area contributed by atoms with Gasteiger partial charge in [0.05, 0.1) is 18.2 Å². The van der Waals surface area contributed by atoms with Crippen molar-refractivity contribution >= 4 is 10.8 Å². The van der Waals surface area contributed by atoms with Crippen LogP contribution in [0.5, 0.6) is 5.75 Å². The van der Waals surface area contributed by atoms with Gasteiger partial charge in [-0.1, -0.05) is 51.2 Å². The van der Waals surface area contributed by atoms with Gasteiger partial charge in [-0.05, 0) is 41.5 Å². The van der Waals surface area contributed by atoms with Crippen molar-refractivity contribution in [2.24, 2.45) is 0 Å². The third-order valence-electron chi connectivity index (χ3n) is 3.71. The molecule has 0 aliphatic rings. The molecule has 0 aliphatic carbocycles. The predicted octanol–water partition coefficient (Wildman–Crippen LogP) is 5.45. The van der Waals surface area contributed by atoms with Crippen LogP contribution in [0.2, 0.25) is 0 Å². The molecule has 0 aliphatic heterocycles. The Bertz CT molecular complexity index is 612. The first-order valence-electron chi connectivity index (χ1n) is 7.90. The molecule has 0 heterocycles. The van der Waals surface area contributed by atoms with Crippen molar-refractivity contribution in [1.82, 2.24) is 0 Å². The molecule has 0 amide bonds. The quantitative estimate of drug-likeness (QED) is 0.603. The molecule has 0 saturated heterocycles. The highest BCUT2D eigenvalue weighted by Crippen LogP contribution is 2.22. The Morgan fingerprint density at radius 2 is 1.62 bits per heavy atom. The molecule has 0 radical (unpaired) electrons. The Morgan fingerprint density at radius 1 is 0.905 bits per heavy atom. The number of rotatable bonds is 8. The van der Waals surface area contributed by atoms with Crippen LogP contribution in [0.15, 0.2) is 36.4 Å². The van der Waals surface area contributed by atoms with Crippen LogP contribution in [-0.4, -0.2) is 6.61 Å². The van der Waals surface area contributed by atoms with E-state index in [0.717, 1.165) is 29.5 Å². The van der Waals surface area contributed by atoms with Crippen LogP contribution in [0.4, 0.5) is 0 Å². The fourth-order valence-corrected chi connectivity index (χ4v) is 2.46. The summed E-state index contributed by atoms with van der Waals surface area (Å²) in [6.07, 6.45) is 7.66. The van der Waals surface area contributed by atoms with Gasteiger partial charge in [-0.2, -0.15) is 5.26 Å².